The van der Waals surface area contributed by atoms with Gasteiger partial charge in [-0.2, -0.15) is 4.98 Å². The molecule has 2 aliphatic heterocycles. The van der Waals surface area contributed by atoms with Gasteiger partial charge in [0.25, 0.3) is 0 Å². The topological polar surface area (TPSA) is 88.5 Å². The summed E-state index contributed by atoms with van der Waals surface area (Å²) in [6.07, 6.45) is 9.74. The highest BCUT2D eigenvalue weighted by Crippen LogP contribution is 2.30. The third-order valence-corrected chi connectivity index (χ3v) is 6.08. The van der Waals surface area contributed by atoms with E-state index in [9.17, 15) is 0 Å². The smallest absolute Gasteiger partial charge is 0.230 e. The second kappa shape index (κ2) is 10.5. The minimum Gasteiger partial charge on any atom is -0.490 e. The molecule has 9 heteroatoms. The van der Waals surface area contributed by atoms with Gasteiger partial charge in [-0.1, -0.05) is 12.1 Å². The van der Waals surface area contributed by atoms with E-state index in [2.05, 4.69) is 30.1 Å². The van der Waals surface area contributed by atoms with Gasteiger partial charge in [-0.3, -0.25) is 4.98 Å². The number of ether oxygens (including phenoxy) is 2. The van der Waals surface area contributed by atoms with Crippen molar-refractivity contribution in [1.82, 2.24) is 19.9 Å². The number of piperidine rings is 1. The average molecular weight is 462 g/mol. The van der Waals surface area contributed by atoms with E-state index in [4.69, 9.17) is 14.5 Å². The van der Waals surface area contributed by atoms with Gasteiger partial charge in [0.2, 0.25) is 5.95 Å². The van der Waals surface area contributed by atoms with E-state index in [1.165, 1.54) is 12.8 Å². The first kappa shape index (κ1) is 22.2. The molecule has 0 amide bonds. The zero-order valence-corrected chi connectivity index (χ0v) is 19.6. The molecule has 2 saturated heterocycles. The highest BCUT2D eigenvalue weighted by atomic mass is 16.5. The highest BCUT2D eigenvalue weighted by molar-refractivity contribution is 5.53. The van der Waals surface area contributed by atoms with E-state index in [-0.39, 0.29) is 6.10 Å². The van der Waals surface area contributed by atoms with E-state index >= 15 is 0 Å². The monoisotopic (exact) mass is 461 g/mol. The molecule has 0 spiro atoms. The number of para-hydroxylation sites is 2. The van der Waals surface area contributed by atoms with Crippen molar-refractivity contribution in [3.05, 3.63) is 48.9 Å². The van der Waals surface area contributed by atoms with Crippen LogP contribution < -0.4 is 24.6 Å². The van der Waals surface area contributed by atoms with Crippen LogP contribution in [0.5, 0.6) is 11.5 Å². The minimum absolute atomic E-state index is 0.0502. The van der Waals surface area contributed by atoms with Crippen molar-refractivity contribution >= 4 is 23.4 Å². The molecule has 178 valence electrons. The Morgan fingerprint density at radius 2 is 1.76 bits per heavy atom. The molecule has 0 saturated carbocycles. The number of hydrogen-bond donors (Lipinski definition) is 1. The largest absolute Gasteiger partial charge is 0.490 e. The Morgan fingerprint density at radius 1 is 0.941 bits per heavy atom. The van der Waals surface area contributed by atoms with E-state index in [1.54, 1.807) is 18.6 Å². The molecular weight excluding hydrogens is 430 g/mol. The normalized spacial score (nSPS) is 18.1. The minimum atomic E-state index is 0.0502. The van der Waals surface area contributed by atoms with Crippen LogP contribution in [0.2, 0.25) is 0 Å². The van der Waals surface area contributed by atoms with Crippen molar-refractivity contribution in [1.29, 1.82) is 0 Å². The second-order valence-electron chi connectivity index (χ2n) is 8.53. The Hall–Kier alpha value is -3.62. The lowest BCUT2D eigenvalue weighted by Crippen LogP contribution is -2.41. The maximum absolute atomic E-state index is 6.32. The zero-order chi connectivity index (χ0) is 23.2. The predicted molar refractivity (Wildman–Crippen MR) is 132 cm³/mol. The second-order valence-corrected chi connectivity index (χ2v) is 8.53. The molecule has 1 atom stereocenters. The number of rotatable bonds is 8. The lowest BCUT2D eigenvalue weighted by atomic mass is 10.1. The molecule has 1 aromatic carbocycles. The van der Waals surface area contributed by atoms with Crippen LogP contribution >= 0.6 is 0 Å². The molecule has 0 unspecified atom stereocenters. The third kappa shape index (κ3) is 5.30. The van der Waals surface area contributed by atoms with E-state index in [1.807, 2.05) is 37.3 Å². The summed E-state index contributed by atoms with van der Waals surface area (Å²) in [7, 11) is 0. The molecule has 3 aromatic rings. The standard InChI is InChI=1S/C25H31N7O2/c1-2-33-20-9-3-4-10-21(20)34-19-8-7-15-32(18-19)24-17-26-16-22(28-24)29-25-27-12-11-23(30-25)31-13-5-6-14-31/h3-4,9-12,16-17,19H,2,5-8,13-15,18H2,1H3,(H,27,28,29,30)/t19-/m1/s1. The average Bonchev–Trinajstić information content (AvgIpc) is 3.41. The third-order valence-electron chi connectivity index (χ3n) is 6.08. The van der Waals surface area contributed by atoms with Crippen molar-refractivity contribution in [2.75, 3.05) is 47.9 Å². The van der Waals surface area contributed by atoms with Gasteiger partial charge in [0, 0.05) is 25.8 Å². The number of nitrogens with zero attached hydrogens (tertiary/aromatic N) is 6. The molecule has 1 N–H and O–H groups in total. The molecule has 2 aliphatic rings. The summed E-state index contributed by atoms with van der Waals surface area (Å²) in [6.45, 7) is 6.31. The van der Waals surface area contributed by atoms with E-state index in [0.29, 0.717) is 18.4 Å². The first-order valence-corrected chi connectivity index (χ1v) is 12.1. The Balaban J connectivity index is 1.25. The van der Waals surface area contributed by atoms with Gasteiger partial charge in [-0.05, 0) is 50.8 Å². The van der Waals surface area contributed by atoms with Crippen LogP contribution in [-0.4, -0.2) is 58.8 Å². The molecule has 0 aliphatic carbocycles. The van der Waals surface area contributed by atoms with Gasteiger partial charge in [0.15, 0.2) is 17.3 Å². The number of nitrogens with one attached hydrogen (secondary N) is 1. The van der Waals surface area contributed by atoms with Crippen molar-refractivity contribution in [3.8, 4) is 11.5 Å². The van der Waals surface area contributed by atoms with Crippen LogP contribution in [0.25, 0.3) is 0 Å². The van der Waals surface area contributed by atoms with Crippen LogP contribution in [-0.2, 0) is 0 Å². The fourth-order valence-electron chi connectivity index (χ4n) is 4.46. The van der Waals surface area contributed by atoms with Crippen LogP contribution in [0.4, 0.5) is 23.4 Å². The molecule has 4 heterocycles. The predicted octanol–water partition coefficient (Wildman–Crippen LogP) is 4.06. The lowest BCUT2D eigenvalue weighted by Gasteiger charge is -2.33. The first-order valence-electron chi connectivity index (χ1n) is 12.1. The van der Waals surface area contributed by atoms with Crippen LogP contribution in [0.15, 0.2) is 48.9 Å². The van der Waals surface area contributed by atoms with E-state index in [0.717, 1.165) is 62.2 Å². The summed E-state index contributed by atoms with van der Waals surface area (Å²) in [5.74, 6) is 4.48. The summed E-state index contributed by atoms with van der Waals surface area (Å²) in [5.41, 5.74) is 0. The summed E-state index contributed by atoms with van der Waals surface area (Å²) in [5, 5.41) is 3.22. The highest BCUT2D eigenvalue weighted by Gasteiger charge is 2.24. The van der Waals surface area contributed by atoms with Crippen LogP contribution in [0.3, 0.4) is 0 Å². The molecule has 0 radical (unpaired) electrons. The van der Waals surface area contributed by atoms with Crippen molar-refractivity contribution in [2.45, 2.75) is 38.7 Å². The van der Waals surface area contributed by atoms with Crippen LogP contribution in [0, 0.1) is 0 Å². The van der Waals surface area contributed by atoms with Crippen molar-refractivity contribution < 1.29 is 9.47 Å². The molecule has 5 rings (SSSR count). The molecule has 9 nitrogen and oxygen atoms in total. The Bertz CT molecular complexity index is 1090. The van der Waals surface area contributed by atoms with Crippen molar-refractivity contribution in [3.63, 3.8) is 0 Å². The molecule has 34 heavy (non-hydrogen) atoms. The molecule has 2 aromatic heterocycles. The van der Waals surface area contributed by atoms with E-state index < -0.39 is 0 Å². The number of aromatic nitrogens is 4. The summed E-state index contributed by atoms with van der Waals surface area (Å²) in [6, 6.07) is 9.80. The van der Waals surface area contributed by atoms with Gasteiger partial charge in [-0.25, -0.2) is 9.97 Å². The lowest BCUT2D eigenvalue weighted by molar-refractivity contribution is 0.170. The Kier molecular flexibility index (Phi) is 6.88. The maximum atomic E-state index is 6.32. The SMILES string of the molecule is CCOc1ccccc1O[C@@H]1CCCN(c2cncc(Nc3nccc(N4CCCC4)n3)n2)C1. The summed E-state index contributed by atoms with van der Waals surface area (Å²) >= 11 is 0. The van der Waals surface area contributed by atoms with Gasteiger partial charge in [-0.15, -0.1) is 0 Å². The van der Waals surface area contributed by atoms with Gasteiger partial charge < -0.3 is 24.6 Å². The molecule has 2 fully saturated rings. The number of benzene rings is 1. The van der Waals surface area contributed by atoms with Crippen molar-refractivity contribution in [2.24, 2.45) is 0 Å². The zero-order valence-electron chi connectivity index (χ0n) is 19.6. The van der Waals surface area contributed by atoms with Crippen LogP contribution in [0.1, 0.15) is 32.6 Å². The fraction of sp³-hybridized carbons (Fsp3) is 0.440. The first-order chi connectivity index (χ1) is 16.8. The quantitative estimate of drug-likeness (QED) is 0.533. The van der Waals surface area contributed by atoms with Gasteiger partial charge in [0.05, 0.1) is 25.5 Å². The Morgan fingerprint density at radius 3 is 2.62 bits per heavy atom. The number of anilines is 4. The maximum Gasteiger partial charge on any atom is 0.230 e. The van der Waals surface area contributed by atoms with Gasteiger partial charge >= 0.3 is 0 Å². The molecular formula is C25H31N7O2. The fourth-order valence-corrected chi connectivity index (χ4v) is 4.46. The van der Waals surface area contributed by atoms with Gasteiger partial charge in [0.1, 0.15) is 17.7 Å². The number of hydrogen-bond acceptors (Lipinski definition) is 9. The Labute approximate surface area is 200 Å². The summed E-state index contributed by atoms with van der Waals surface area (Å²) < 4.78 is 12.0. The summed E-state index contributed by atoms with van der Waals surface area (Å²) in [4.78, 5) is 22.7. The molecule has 0 bridgehead atoms.